The average Bonchev–Trinajstić information content (AvgIpc) is 2.24. The monoisotopic (exact) mass is 210 g/mol. The lowest BCUT2D eigenvalue weighted by molar-refractivity contribution is -0.0310. The van der Waals surface area contributed by atoms with Gasteiger partial charge in [-0.15, -0.1) is 0 Å². The molecule has 0 aromatic carbocycles. The van der Waals surface area contributed by atoms with Gasteiger partial charge in [-0.2, -0.15) is 0 Å². The third-order valence-corrected chi connectivity index (χ3v) is 3.30. The molecule has 1 nitrogen and oxygen atoms in total. The van der Waals surface area contributed by atoms with Crippen LogP contribution in [0.1, 0.15) is 65.7 Å². The van der Waals surface area contributed by atoms with E-state index in [1.54, 1.807) is 0 Å². The topological polar surface area (TPSA) is 9.23 Å². The summed E-state index contributed by atoms with van der Waals surface area (Å²) in [5.74, 6) is 0. The molecule has 15 heavy (non-hydrogen) atoms. The molecule has 1 rings (SSSR count). The summed E-state index contributed by atoms with van der Waals surface area (Å²) in [6.45, 7) is 7.69. The summed E-state index contributed by atoms with van der Waals surface area (Å²) >= 11 is 0. The second-order valence-electron chi connectivity index (χ2n) is 4.86. The number of unbranched alkanes of at least 4 members (excludes halogenated alkanes) is 2. The molecule has 0 spiro atoms. The van der Waals surface area contributed by atoms with Gasteiger partial charge in [0.05, 0.1) is 12.2 Å². The molecular formula is C14H26O. The Balaban J connectivity index is 2.61. The van der Waals surface area contributed by atoms with Crippen molar-refractivity contribution in [1.82, 2.24) is 0 Å². The van der Waals surface area contributed by atoms with Crippen molar-refractivity contribution >= 4 is 0 Å². The summed E-state index contributed by atoms with van der Waals surface area (Å²) in [6.07, 6.45) is 11.1. The van der Waals surface area contributed by atoms with Crippen molar-refractivity contribution in [3.05, 3.63) is 11.6 Å². The van der Waals surface area contributed by atoms with Crippen LogP contribution in [0, 0.1) is 0 Å². The summed E-state index contributed by atoms with van der Waals surface area (Å²) in [7, 11) is 0. The molecule has 0 atom stereocenters. The van der Waals surface area contributed by atoms with Crippen LogP contribution in [-0.2, 0) is 4.74 Å². The molecule has 1 heteroatoms. The smallest absolute Gasteiger partial charge is 0.0865 e. The van der Waals surface area contributed by atoms with Gasteiger partial charge in [-0.1, -0.05) is 51.2 Å². The molecule has 0 N–H and O–H groups in total. The highest BCUT2D eigenvalue weighted by atomic mass is 16.5. The first-order valence-electron chi connectivity index (χ1n) is 6.55. The molecular weight excluding hydrogens is 184 g/mol. The van der Waals surface area contributed by atoms with Crippen molar-refractivity contribution in [3.63, 3.8) is 0 Å². The summed E-state index contributed by atoms with van der Waals surface area (Å²) in [4.78, 5) is 0. The molecule has 1 aliphatic rings. The molecule has 0 amide bonds. The van der Waals surface area contributed by atoms with Crippen LogP contribution in [0.25, 0.3) is 0 Å². The van der Waals surface area contributed by atoms with E-state index in [9.17, 15) is 0 Å². The molecule has 0 saturated heterocycles. The Morgan fingerprint density at radius 2 is 1.80 bits per heavy atom. The molecule has 0 bridgehead atoms. The van der Waals surface area contributed by atoms with Crippen LogP contribution in [0.4, 0.5) is 0 Å². The fourth-order valence-electron chi connectivity index (χ4n) is 2.34. The Morgan fingerprint density at radius 3 is 2.27 bits per heavy atom. The zero-order valence-corrected chi connectivity index (χ0v) is 10.6. The van der Waals surface area contributed by atoms with Gasteiger partial charge in [0.2, 0.25) is 0 Å². The maximum atomic E-state index is 6.06. The van der Waals surface area contributed by atoms with Gasteiger partial charge >= 0.3 is 0 Å². The van der Waals surface area contributed by atoms with E-state index in [1.807, 2.05) is 0 Å². The first-order valence-corrected chi connectivity index (χ1v) is 6.55. The van der Waals surface area contributed by atoms with E-state index < -0.39 is 0 Å². The van der Waals surface area contributed by atoms with Gasteiger partial charge < -0.3 is 4.74 Å². The van der Waals surface area contributed by atoms with Crippen LogP contribution in [0.5, 0.6) is 0 Å². The number of hydrogen-bond donors (Lipinski definition) is 0. The van der Waals surface area contributed by atoms with Crippen molar-refractivity contribution in [2.45, 2.75) is 71.3 Å². The van der Waals surface area contributed by atoms with Gasteiger partial charge in [0.1, 0.15) is 0 Å². The molecule has 88 valence electrons. The Kier molecular flexibility index (Phi) is 5.38. The van der Waals surface area contributed by atoms with Gasteiger partial charge in [0, 0.05) is 0 Å². The van der Waals surface area contributed by atoms with Crippen LogP contribution in [-0.4, -0.2) is 12.2 Å². The third-order valence-electron chi connectivity index (χ3n) is 3.30. The Bertz CT molecular complexity index is 197. The molecule has 0 saturated carbocycles. The molecule has 0 radical (unpaired) electrons. The van der Waals surface area contributed by atoms with Gasteiger partial charge in [0.15, 0.2) is 0 Å². The number of hydrogen-bond acceptors (Lipinski definition) is 1. The number of rotatable bonds is 6. The molecule has 1 heterocycles. The maximum Gasteiger partial charge on any atom is 0.0865 e. The Labute approximate surface area is 94.9 Å². The van der Waals surface area contributed by atoms with Crippen molar-refractivity contribution in [2.75, 3.05) is 6.61 Å². The van der Waals surface area contributed by atoms with E-state index >= 15 is 0 Å². The van der Waals surface area contributed by atoms with Crippen LogP contribution >= 0.6 is 0 Å². The molecule has 0 aromatic rings. The Morgan fingerprint density at radius 1 is 1.20 bits per heavy atom. The zero-order chi connectivity index (χ0) is 11.1. The fourth-order valence-corrected chi connectivity index (χ4v) is 2.34. The highest BCUT2D eigenvalue weighted by molar-refractivity contribution is 5.12. The maximum absolute atomic E-state index is 6.06. The Hall–Kier alpha value is -0.300. The summed E-state index contributed by atoms with van der Waals surface area (Å²) in [6, 6.07) is 0. The lowest BCUT2D eigenvalue weighted by Crippen LogP contribution is -2.34. The van der Waals surface area contributed by atoms with Crippen molar-refractivity contribution in [1.29, 1.82) is 0 Å². The minimum atomic E-state index is 0.0916. The van der Waals surface area contributed by atoms with Gasteiger partial charge in [-0.25, -0.2) is 0 Å². The summed E-state index contributed by atoms with van der Waals surface area (Å²) in [5, 5.41) is 0. The van der Waals surface area contributed by atoms with Crippen molar-refractivity contribution in [2.24, 2.45) is 0 Å². The van der Waals surface area contributed by atoms with Gasteiger partial charge in [-0.05, 0) is 26.2 Å². The molecule has 0 unspecified atom stereocenters. The summed E-state index contributed by atoms with van der Waals surface area (Å²) < 4.78 is 6.06. The van der Waals surface area contributed by atoms with E-state index in [-0.39, 0.29) is 5.60 Å². The van der Waals surface area contributed by atoms with E-state index in [1.165, 1.54) is 44.1 Å². The van der Waals surface area contributed by atoms with E-state index in [4.69, 9.17) is 4.74 Å². The predicted molar refractivity (Wildman–Crippen MR) is 66.1 cm³/mol. The first-order chi connectivity index (χ1) is 7.22. The van der Waals surface area contributed by atoms with Crippen LogP contribution in [0.3, 0.4) is 0 Å². The van der Waals surface area contributed by atoms with Gasteiger partial charge in [-0.3, -0.25) is 0 Å². The second-order valence-corrected chi connectivity index (χ2v) is 4.86. The highest BCUT2D eigenvalue weighted by Crippen LogP contribution is 2.32. The lowest BCUT2D eigenvalue weighted by Gasteiger charge is -2.35. The minimum absolute atomic E-state index is 0.0916. The van der Waals surface area contributed by atoms with E-state index in [0.717, 1.165) is 13.0 Å². The predicted octanol–water partition coefficient (Wildman–Crippen LogP) is 4.47. The van der Waals surface area contributed by atoms with Crippen LogP contribution in [0.15, 0.2) is 11.6 Å². The molecule has 1 aliphatic heterocycles. The van der Waals surface area contributed by atoms with Crippen LogP contribution < -0.4 is 0 Å². The largest absolute Gasteiger partial charge is 0.371 e. The van der Waals surface area contributed by atoms with Crippen LogP contribution in [0.2, 0.25) is 0 Å². The normalized spacial score (nSPS) is 20.1. The van der Waals surface area contributed by atoms with Crippen molar-refractivity contribution < 1.29 is 4.74 Å². The standard InChI is InChI=1S/C14H26O/c1-4-6-9-14(10-7-5-2)12-13(3)8-11-15-14/h12H,4-11H2,1-3H3. The molecule has 0 fully saturated rings. The van der Waals surface area contributed by atoms with E-state index in [0.29, 0.717) is 0 Å². The summed E-state index contributed by atoms with van der Waals surface area (Å²) in [5.41, 5.74) is 1.61. The lowest BCUT2D eigenvalue weighted by atomic mass is 9.86. The highest BCUT2D eigenvalue weighted by Gasteiger charge is 2.29. The quantitative estimate of drug-likeness (QED) is 0.588. The first kappa shape index (κ1) is 12.8. The average molecular weight is 210 g/mol. The minimum Gasteiger partial charge on any atom is -0.371 e. The zero-order valence-electron chi connectivity index (χ0n) is 10.6. The fraction of sp³-hybridized carbons (Fsp3) is 0.857. The third kappa shape index (κ3) is 3.98. The molecule has 0 aromatic heterocycles. The second kappa shape index (κ2) is 6.32. The van der Waals surface area contributed by atoms with Gasteiger partial charge in [0.25, 0.3) is 0 Å². The van der Waals surface area contributed by atoms with E-state index in [2.05, 4.69) is 26.8 Å². The number of ether oxygens (including phenoxy) is 1. The SMILES string of the molecule is CCCCC1(CCCC)C=C(C)CCO1. The molecule has 0 aliphatic carbocycles. The van der Waals surface area contributed by atoms with Crippen molar-refractivity contribution in [3.8, 4) is 0 Å².